The first-order valence-electron chi connectivity index (χ1n) is 5.62. The summed E-state index contributed by atoms with van der Waals surface area (Å²) >= 11 is 0. The van der Waals surface area contributed by atoms with E-state index in [1.54, 1.807) is 15.9 Å². The molecule has 1 rings (SSSR count). The van der Waals surface area contributed by atoms with Gasteiger partial charge in [0.1, 0.15) is 18.2 Å². The summed E-state index contributed by atoms with van der Waals surface area (Å²) in [4.78, 5) is 35.7. The number of piperazine rings is 1. The van der Waals surface area contributed by atoms with Crippen molar-refractivity contribution in [1.29, 1.82) is 5.26 Å². The molecule has 8 heteroatoms. The summed E-state index contributed by atoms with van der Waals surface area (Å²) in [5.74, 6) is -1.90. The van der Waals surface area contributed by atoms with Crippen LogP contribution in [0.5, 0.6) is 0 Å². The van der Waals surface area contributed by atoms with E-state index in [-0.39, 0.29) is 5.57 Å². The Hall–Kier alpha value is -2.56. The highest BCUT2D eigenvalue weighted by molar-refractivity contribution is 5.98. The first-order valence-corrected chi connectivity index (χ1v) is 5.62. The lowest BCUT2D eigenvalue weighted by atomic mass is 10.2. The van der Waals surface area contributed by atoms with E-state index in [1.165, 1.54) is 6.20 Å². The van der Waals surface area contributed by atoms with Gasteiger partial charge in [-0.15, -0.1) is 0 Å². The molecule has 0 aromatic heterocycles. The van der Waals surface area contributed by atoms with Crippen LogP contribution in [0, 0.1) is 11.3 Å². The van der Waals surface area contributed by atoms with Gasteiger partial charge in [0.05, 0.1) is 0 Å². The number of nitrogens with zero attached hydrogens (tertiary/aromatic N) is 3. The highest BCUT2D eigenvalue weighted by Gasteiger charge is 2.16. The van der Waals surface area contributed by atoms with Gasteiger partial charge in [-0.25, -0.2) is 0 Å². The van der Waals surface area contributed by atoms with Crippen molar-refractivity contribution in [3.63, 3.8) is 0 Å². The topological polar surface area (TPSA) is 114 Å². The third-order valence-corrected chi connectivity index (χ3v) is 2.57. The van der Waals surface area contributed by atoms with Gasteiger partial charge in [0, 0.05) is 32.4 Å². The van der Waals surface area contributed by atoms with Crippen LogP contribution in [0.3, 0.4) is 0 Å². The molecule has 0 radical (unpaired) electrons. The second-order valence-corrected chi connectivity index (χ2v) is 3.91. The molecule has 0 bridgehead atoms. The molecule has 2 N–H and O–H groups in total. The van der Waals surface area contributed by atoms with Crippen molar-refractivity contribution < 1.29 is 19.5 Å². The first kappa shape index (κ1) is 14.5. The molecule has 0 spiro atoms. The molecule has 2 amide bonds. The third-order valence-electron chi connectivity index (χ3n) is 2.57. The maximum atomic E-state index is 11.5. The molecule has 1 aliphatic rings. The normalized spacial score (nSPS) is 15.6. The number of carbonyl (C=O) groups is 3. The second kappa shape index (κ2) is 7.00. The van der Waals surface area contributed by atoms with E-state index < -0.39 is 18.4 Å². The summed E-state index contributed by atoms with van der Waals surface area (Å²) < 4.78 is 0. The van der Waals surface area contributed by atoms with E-state index in [2.05, 4.69) is 5.32 Å². The number of hydrogen-bond donors (Lipinski definition) is 2. The van der Waals surface area contributed by atoms with Gasteiger partial charge in [0.2, 0.25) is 6.41 Å². The highest BCUT2D eigenvalue weighted by atomic mass is 16.4. The maximum Gasteiger partial charge on any atom is 0.322 e. The lowest BCUT2D eigenvalue weighted by molar-refractivity contribution is -0.137. The fraction of sp³-hybridized carbons (Fsp3) is 0.455. The molecular weight excluding hydrogens is 252 g/mol. The number of amides is 2. The number of nitrogens with one attached hydrogen (secondary N) is 1. The predicted molar refractivity (Wildman–Crippen MR) is 63.6 cm³/mol. The SMILES string of the molecule is N#C/C(=C/N1CCN(C=O)CC1)C(=O)NCC(=O)O. The number of carbonyl (C=O) groups excluding carboxylic acids is 2. The van der Waals surface area contributed by atoms with Crippen molar-refractivity contribution in [2.24, 2.45) is 0 Å². The molecule has 19 heavy (non-hydrogen) atoms. The van der Waals surface area contributed by atoms with Gasteiger partial charge in [-0.3, -0.25) is 14.4 Å². The largest absolute Gasteiger partial charge is 0.480 e. The van der Waals surface area contributed by atoms with Gasteiger partial charge in [-0.2, -0.15) is 5.26 Å². The average Bonchev–Trinajstić information content (AvgIpc) is 2.42. The maximum absolute atomic E-state index is 11.5. The molecule has 0 aromatic carbocycles. The molecule has 8 nitrogen and oxygen atoms in total. The lowest BCUT2D eigenvalue weighted by Crippen LogP contribution is -2.43. The van der Waals surface area contributed by atoms with Crippen LogP contribution in [-0.4, -0.2) is 65.9 Å². The van der Waals surface area contributed by atoms with Crippen LogP contribution >= 0.6 is 0 Å². The van der Waals surface area contributed by atoms with Crippen molar-refractivity contribution in [2.75, 3.05) is 32.7 Å². The van der Waals surface area contributed by atoms with Crippen molar-refractivity contribution in [2.45, 2.75) is 0 Å². The molecular formula is C11H14N4O4. The van der Waals surface area contributed by atoms with E-state index in [0.29, 0.717) is 26.2 Å². The Morgan fingerprint density at radius 3 is 2.32 bits per heavy atom. The van der Waals surface area contributed by atoms with Gasteiger partial charge >= 0.3 is 5.97 Å². The zero-order chi connectivity index (χ0) is 14.3. The predicted octanol–water partition coefficient (Wildman–Crippen LogP) is -1.63. The van der Waals surface area contributed by atoms with Crippen molar-refractivity contribution in [3.8, 4) is 6.07 Å². The van der Waals surface area contributed by atoms with E-state index >= 15 is 0 Å². The van der Waals surface area contributed by atoms with Crippen molar-refractivity contribution >= 4 is 18.3 Å². The summed E-state index contributed by atoms with van der Waals surface area (Å²) in [6.07, 6.45) is 2.14. The fourth-order valence-corrected chi connectivity index (χ4v) is 1.54. The number of carboxylic acid groups (broad SMARTS) is 1. The molecule has 102 valence electrons. The Morgan fingerprint density at radius 2 is 1.84 bits per heavy atom. The Labute approximate surface area is 109 Å². The van der Waals surface area contributed by atoms with Gasteiger partial charge < -0.3 is 20.2 Å². The Balaban J connectivity index is 2.57. The smallest absolute Gasteiger partial charge is 0.322 e. The minimum absolute atomic E-state index is 0.152. The molecule has 1 aliphatic heterocycles. The van der Waals surface area contributed by atoms with Gasteiger partial charge in [-0.05, 0) is 0 Å². The van der Waals surface area contributed by atoms with Crippen LogP contribution in [-0.2, 0) is 14.4 Å². The van der Waals surface area contributed by atoms with Gasteiger partial charge in [-0.1, -0.05) is 0 Å². The minimum atomic E-state index is -1.18. The number of nitriles is 1. The summed E-state index contributed by atoms with van der Waals surface area (Å²) in [5.41, 5.74) is -0.152. The molecule has 1 heterocycles. The van der Waals surface area contributed by atoms with E-state index in [9.17, 15) is 14.4 Å². The molecule has 0 aromatic rings. The Morgan fingerprint density at radius 1 is 1.26 bits per heavy atom. The summed E-state index contributed by atoms with van der Waals surface area (Å²) in [6.45, 7) is 1.56. The first-order chi connectivity index (χ1) is 9.06. The van der Waals surface area contributed by atoms with E-state index in [0.717, 1.165) is 6.41 Å². The Bertz CT molecular complexity index is 432. The van der Waals surface area contributed by atoms with E-state index in [1.807, 2.05) is 0 Å². The number of aliphatic carboxylic acids is 1. The number of carboxylic acids is 1. The molecule has 1 fully saturated rings. The molecule has 0 aliphatic carbocycles. The summed E-state index contributed by atoms with van der Waals surface area (Å²) in [6, 6.07) is 1.73. The van der Waals surface area contributed by atoms with Crippen LogP contribution in [0.25, 0.3) is 0 Å². The highest BCUT2D eigenvalue weighted by Crippen LogP contribution is 2.03. The monoisotopic (exact) mass is 266 g/mol. The zero-order valence-electron chi connectivity index (χ0n) is 10.2. The van der Waals surface area contributed by atoms with Gasteiger partial charge in [0.15, 0.2) is 0 Å². The van der Waals surface area contributed by atoms with Crippen molar-refractivity contribution in [1.82, 2.24) is 15.1 Å². The third kappa shape index (κ3) is 4.67. The average molecular weight is 266 g/mol. The number of hydrogen-bond acceptors (Lipinski definition) is 5. The van der Waals surface area contributed by atoms with Crippen molar-refractivity contribution in [3.05, 3.63) is 11.8 Å². The Kier molecular flexibility index (Phi) is 5.35. The van der Waals surface area contributed by atoms with Crippen LogP contribution in [0.15, 0.2) is 11.8 Å². The quantitative estimate of drug-likeness (QED) is 0.351. The zero-order valence-corrected chi connectivity index (χ0v) is 10.2. The van der Waals surface area contributed by atoms with Crippen LogP contribution in [0.4, 0.5) is 0 Å². The lowest BCUT2D eigenvalue weighted by Gasteiger charge is -2.31. The second-order valence-electron chi connectivity index (χ2n) is 3.91. The summed E-state index contributed by atoms with van der Waals surface area (Å²) in [7, 11) is 0. The summed E-state index contributed by atoms with van der Waals surface area (Å²) in [5, 5.41) is 19.4. The van der Waals surface area contributed by atoms with Gasteiger partial charge in [0.25, 0.3) is 5.91 Å². The van der Waals surface area contributed by atoms with Crippen LogP contribution < -0.4 is 5.32 Å². The number of rotatable bonds is 5. The standard InChI is InChI=1S/C11H14N4O4/c12-5-9(11(19)13-6-10(17)18)7-14-1-3-15(8-16)4-2-14/h7-8H,1-4,6H2,(H,13,19)(H,17,18)/b9-7-. The minimum Gasteiger partial charge on any atom is -0.480 e. The van der Waals surface area contributed by atoms with E-state index in [4.69, 9.17) is 10.4 Å². The molecule has 1 saturated heterocycles. The van der Waals surface area contributed by atoms with Crippen LogP contribution in [0.1, 0.15) is 0 Å². The molecule has 0 atom stereocenters. The van der Waals surface area contributed by atoms with Crippen LogP contribution in [0.2, 0.25) is 0 Å². The fourth-order valence-electron chi connectivity index (χ4n) is 1.54. The molecule has 0 saturated carbocycles. The molecule has 0 unspecified atom stereocenters.